The van der Waals surface area contributed by atoms with Gasteiger partial charge in [-0.15, -0.1) is 0 Å². The van der Waals surface area contributed by atoms with E-state index in [1.807, 2.05) is 0 Å². The molecule has 2 fully saturated rings. The van der Waals surface area contributed by atoms with Gasteiger partial charge < -0.3 is 14.6 Å². The summed E-state index contributed by atoms with van der Waals surface area (Å²) in [6, 6.07) is 0. The predicted octanol–water partition coefficient (Wildman–Crippen LogP) is 2.82. The van der Waals surface area contributed by atoms with Crippen LogP contribution < -0.4 is 0 Å². The molecule has 0 saturated carbocycles. The van der Waals surface area contributed by atoms with Gasteiger partial charge >= 0.3 is 0 Å². The van der Waals surface area contributed by atoms with Crippen molar-refractivity contribution in [1.29, 1.82) is 0 Å². The fourth-order valence-electron chi connectivity index (χ4n) is 3.78. The lowest BCUT2D eigenvalue weighted by atomic mass is 9.80. The maximum Gasteiger partial charge on any atom is 0.0940 e. The molecule has 0 bridgehead atoms. The summed E-state index contributed by atoms with van der Waals surface area (Å²) >= 11 is 0. The molecule has 3 aliphatic rings. The molecule has 2 aliphatic heterocycles. The van der Waals surface area contributed by atoms with E-state index in [0.717, 1.165) is 45.5 Å². The van der Waals surface area contributed by atoms with Crippen molar-refractivity contribution >= 4 is 0 Å². The van der Waals surface area contributed by atoms with Crippen LogP contribution in [0, 0.1) is 5.92 Å². The molecule has 0 radical (unpaired) electrons. The van der Waals surface area contributed by atoms with Gasteiger partial charge in [0.25, 0.3) is 0 Å². The van der Waals surface area contributed by atoms with E-state index in [1.165, 1.54) is 31.3 Å². The molecule has 1 spiro atoms. The third-order valence-corrected chi connectivity index (χ3v) is 5.00. The van der Waals surface area contributed by atoms with Crippen molar-refractivity contribution in [2.45, 2.75) is 63.1 Å². The first-order valence-corrected chi connectivity index (χ1v) is 7.85. The Balaban J connectivity index is 1.56. The van der Waals surface area contributed by atoms with Crippen LogP contribution in [0.2, 0.25) is 0 Å². The second kappa shape index (κ2) is 5.94. The summed E-state index contributed by atoms with van der Waals surface area (Å²) in [5.74, 6) is 0.387. The quantitative estimate of drug-likeness (QED) is 0.798. The van der Waals surface area contributed by atoms with Gasteiger partial charge in [-0.2, -0.15) is 0 Å². The second-order valence-corrected chi connectivity index (χ2v) is 6.47. The van der Waals surface area contributed by atoms with Crippen LogP contribution in [0.1, 0.15) is 51.4 Å². The molecule has 1 aliphatic carbocycles. The van der Waals surface area contributed by atoms with Crippen LogP contribution in [-0.4, -0.2) is 36.6 Å². The second-order valence-electron chi connectivity index (χ2n) is 6.47. The minimum absolute atomic E-state index is 0.0785. The van der Waals surface area contributed by atoms with E-state index in [9.17, 15) is 5.11 Å². The lowest BCUT2D eigenvalue weighted by Gasteiger charge is -2.39. The molecule has 0 amide bonds. The number of aliphatic hydroxyl groups is 1. The molecule has 0 aromatic heterocycles. The Morgan fingerprint density at radius 1 is 1.37 bits per heavy atom. The van der Waals surface area contributed by atoms with E-state index in [0.29, 0.717) is 5.92 Å². The van der Waals surface area contributed by atoms with Crippen LogP contribution in [0.3, 0.4) is 0 Å². The van der Waals surface area contributed by atoms with Crippen molar-refractivity contribution in [1.82, 2.24) is 0 Å². The summed E-state index contributed by atoms with van der Waals surface area (Å²) in [7, 11) is 0. The number of hydrogen-bond donors (Lipinski definition) is 1. The molecular formula is C16H26O3. The smallest absolute Gasteiger partial charge is 0.0940 e. The van der Waals surface area contributed by atoms with Crippen LogP contribution in [0.15, 0.2) is 11.6 Å². The molecule has 0 aromatic carbocycles. The van der Waals surface area contributed by atoms with Crippen molar-refractivity contribution in [3.63, 3.8) is 0 Å². The summed E-state index contributed by atoms with van der Waals surface area (Å²) < 4.78 is 11.4. The first kappa shape index (κ1) is 13.6. The van der Waals surface area contributed by atoms with Gasteiger partial charge in [0.15, 0.2) is 0 Å². The molecule has 3 rings (SSSR count). The summed E-state index contributed by atoms with van der Waals surface area (Å²) in [5.41, 5.74) is 1.40. The topological polar surface area (TPSA) is 38.7 Å². The van der Waals surface area contributed by atoms with Crippen molar-refractivity contribution < 1.29 is 14.6 Å². The maximum atomic E-state index is 10.5. The zero-order chi connectivity index (χ0) is 13.1. The minimum Gasteiger partial charge on any atom is -0.393 e. The van der Waals surface area contributed by atoms with Crippen molar-refractivity contribution in [3.05, 3.63) is 11.6 Å². The fraction of sp³-hybridized carbons (Fsp3) is 0.875. The average Bonchev–Trinajstić information content (AvgIpc) is 2.88. The molecule has 3 unspecified atom stereocenters. The average molecular weight is 266 g/mol. The molecule has 3 heteroatoms. The Kier molecular flexibility index (Phi) is 4.25. The zero-order valence-corrected chi connectivity index (χ0v) is 11.8. The van der Waals surface area contributed by atoms with Crippen LogP contribution in [0.5, 0.6) is 0 Å². The van der Waals surface area contributed by atoms with Gasteiger partial charge in [-0.3, -0.25) is 0 Å². The molecule has 0 aromatic rings. The normalized spacial score (nSPS) is 37.3. The Morgan fingerprint density at radius 2 is 2.32 bits per heavy atom. The minimum atomic E-state index is -0.189. The molecule has 2 saturated heterocycles. The molecule has 3 atom stereocenters. The third kappa shape index (κ3) is 3.21. The lowest BCUT2D eigenvalue weighted by molar-refractivity contribution is -0.116. The molecule has 108 valence electrons. The van der Waals surface area contributed by atoms with E-state index in [-0.39, 0.29) is 11.7 Å². The SMILES string of the molecule is OC(CC1=CCCCC1)C1CCOC2(CCOC2)C1. The molecule has 2 heterocycles. The molecule has 3 nitrogen and oxygen atoms in total. The fourth-order valence-corrected chi connectivity index (χ4v) is 3.78. The van der Waals surface area contributed by atoms with E-state index in [1.54, 1.807) is 0 Å². The van der Waals surface area contributed by atoms with Crippen molar-refractivity contribution in [2.75, 3.05) is 19.8 Å². The van der Waals surface area contributed by atoms with E-state index < -0.39 is 0 Å². The summed E-state index contributed by atoms with van der Waals surface area (Å²) in [6.07, 6.45) is 11.0. The highest BCUT2D eigenvalue weighted by molar-refractivity contribution is 5.07. The molecule has 1 N–H and O–H groups in total. The zero-order valence-electron chi connectivity index (χ0n) is 11.8. The van der Waals surface area contributed by atoms with Gasteiger partial charge in [0.1, 0.15) is 0 Å². The number of rotatable bonds is 3. The van der Waals surface area contributed by atoms with Crippen LogP contribution in [0.4, 0.5) is 0 Å². The Labute approximate surface area is 116 Å². The number of allylic oxidation sites excluding steroid dienone is 1. The monoisotopic (exact) mass is 266 g/mol. The Hall–Kier alpha value is -0.380. The summed E-state index contributed by atoms with van der Waals surface area (Å²) in [6.45, 7) is 2.32. The van der Waals surface area contributed by atoms with Gasteiger partial charge in [-0.05, 0) is 50.9 Å². The Bertz CT molecular complexity index is 331. The highest BCUT2D eigenvalue weighted by atomic mass is 16.6. The van der Waals surface area contributed by atoms with E-state index in [2.05, 4.69) is 6.08 Å². The molecular weight excluding hydrogens is 240 g/mol. The highest BCUT2D eigenvalue weighted by Gasteiger charge is 2.42. The standard InChI is InChI=1S/C16H26O3/c17-15(10-13-4-2-1-3-5-13)14-6-8-19-16(11-14)7-9-18-12-16/h4,14-15,17H,1-3,5-12H2. The van der Waals surface area contributed by atoms with Gasteiger partial charge in [0.05, 0.1) is 18.3 Å². The molecule has 19 heavy (non-hydrogen) atoms. The number of aliphatic hydroxyl groups excluding tert-OH is 1. The number of hydrogen-bond acceptors (Lipinski definition) is 3. The largest absolute Gasteiger partial charge is 0.393 e. The van der Waals surface area contributed by atoms with Crippen molar-refractivity contribution in [3.8, 4) is 0 Å². The van der Waals surface area contributed by atoms with E-state index in [4.69, 9.17) is 9.47 Å². The predicted molar refractivity (Wildman–Crippen MR) is 74.0 cm³/mol. The third-order valence-electron chi connectivity index (χ3n) is 5.00. The van der Waals surface area contributed by atoms with Crippen LogP contribution in [-0.2, 0) is 9.47 Å². The lowest BCUT2D eigenvalue weighted by Crippen LogP contribution is -2.43. The van der Waals surface area contributed by atoms with Gasteiger partial charge in [0, 0.05) is 19.6 Å². The van der Waals surface area contributed by atoms with Crippen molar-refractivity contribution in [2.24, 2.45) is 5.92 Å². The maximum absolute atomic E-state index is 10.5. The Morgan fingerprint density at radius 3 is 3.05 bits per heavy atom. The van der Waals surface area contributed by atoms with Crippen LogP contribution >= 0.6 is 0 Å². The van der Waals surface area contributed by atoms with Gasteiger partial charge in [-0.1, -0.05) is 11.6 Å². The van der Waals surface area contributed by atoms with E-state index >= 15 is 0 Å². The summed E-state index contributed by atoms with van der Waals surface area (Å²) in [5, 5.41) is 10.5. The summed E-state index contributed by atoms with van der Waals surface area (Å²) in [4.78, 5) is 0. The van der Waals surface area contributed by atoms with Gasteiger partial charge in [-0.25, -0.2) is 0 Å². The first-order chi connectivity index (χ1) is 9.27. The highest BCUT2D eigenvalue weighted by Crippen LogP contribution is 2.38. The van der Waals surface area contributed by atoms with Crippen LogP contribution in [0.25, 0.3) is 0 Å². The number of ether oxygens (including phenoxy) is 2. The van der Waals surface area contributed by atoms with Gasteiger partial charge in [0.2, 0.25) is 0 Å². The first-order valence-electron chi connectivity index (χ1n) is 7.85.